The molecule has 2 atom stereocenters. The lowest BCUT2D eigenvalue weighted by molar-refractivity contribution is 0.0429. The average molecular weight is 390 g/mol. The summed E-state index contributed by atoms with van der Waals surface area (Å²) in [6, 6.07) is -0.260. The standard InChI is InChI=1S/C18H22F4N2O3/c1-9-8-24(6-5-12(9)23-17(26)27-18(2,3)4)16(25)13-14(21)10(19)7-11(20)15(13)22/h7,9,12H,5-6,8H2,1-4H3,(H,23,26)/t9-,12-/m0/s1. The minimum absolute atomic E-state index is 0.0519. The minimum atomic E-state index is -1.72. The molecule has 5 nitrogen and oxygen atoms in total. The van der Waals surface area contributed by atoms with Crippen LogP contribution in [0.2, 0.25) is 0 Å². The van der Waals surface area contributed by atoms with E-state index in [0.717, 1.165) is 4.90 Å². The van der Waals surface area contributed by atoms with Crippen molar-refractivity contribution in [3.05, 3.63) is 34.9 Å². The first kappa shape index (κ1) is 21.0. The predicted molar refractivity (Wildman–Crippen MR) is 89.1 cm³/mol. The number of rotatable bonds is 2. The molecule has 1 aromatic carbocycles. The topological polar surface area (TPSA) is 58.6 Å². The van der Waals surface area contributed by atoms with Gasteiger partial charge in [-0.05, 0) is 33.1 Å². The highest BCUT2D eigenvalue weighted by Gasteiger charge is 2.34. The van der Waals surface area contributed by atoms with Crippen LogP contribution in [0.15, 0.2) is 6.07 Å². The Morgan fingerprint density at radius 1 is 1.15 bits per heavy atom. The molecule has 0 radical (unpaired) electrons. The molecule has 0 saturated carbocycles. The van der Waals surface area contributed by atoms with Crippen LogP contribution in [0, 0.1) is 29.2 Å². The zero-order valence-electron chi connectivity index (χ0n) is 15.5. The first-order valence-electron chi connectivity index (χ1n) is 8.52. The Labute approximate surface area is 154 Å². The molecule has 2 amide bonds. The number of hydrogen-bond donors (Lipinski definition) is 1. The van der Waals surface area contributed by atoms with E-state index in [0.29, 0.717) is 6.42 Å². The largest absolute Gasteiger partial charge is 0.444 e. The summed E-state index contributed by atoms with van der Waals surface area (Å²) in [5.41, 5.74) is -1.92. The number of likely N-dealkylation sites (tertiary alicyclic amines) is 1. The second kappa shape index (κ2) is 7.74. The van der Waals surface area contributed by atoms with Crippen LogP contribution in [0.4, 0.5) is 22.4 Å². The fraction of sp³-hybridized carbons (Fsp3) is 0.556. The van der Waals surface area contributed by atoms with Crippen molar-refractivity contribution in [3.63, 3.8) is 0 Å². The second-order valence-electron chi connectivity index (χ2n) is 7.61. The van der Waals surface area contributed by atoms with Gasteiger partial charge in [-0.2, -0.15) is 0 Å². The number of carbonyl (C=O) groups is 2. The maximum Gasteiger partial charge on any atom is 0.407 e. The van der Waals surface area contributed by atoms with Gasteiger partial charge in [0.15, 0.2) is 23.3 Å². The lowest BCUT2D eigenvalue weighted by Gasteiger charge is -2.37. The SMILES string of the molecule is C[C@H]1CN(C(=O)c2c(F)c(F)cc(F)c2F)CC[C@@H]1NC(=O)OC(C)(C)C. The van der Waals surface area contributed by atoms with Crippen LogP contribution in [0.3, 0.4) is 0 Å². The van der Waals surface area contributed by atoms with Gasteiger partial charge in [0.25, 0.3) is 5.91 Å². The third kappa shape index (κ3) is 4.90. The summed E-state index contributed by atoms with van der Waals surface area (Å²) < 4.78 is 59.6. The summed E-state index contributed by atoms with van der Waals surface area (Å²) in [4.78, 5) is 25.4. The van der Waals surface area contributed by atoms with Crippen molar-refractivity contribution in [2.75, 3.05) is 13.1 Å². The van der Waals surface area contributed by atoms with E-state index in [-0.39, 0.29) is 31.1 Å². The summed E-state index contributed by atoms with van der Waals surface area (Å²) >= 11 is 0. The Kier molecular flexibility index (Phi) is 6.01. The van der Waals surface area contributed by atoms with Gasteiger partial charge in [-0.25, -0.2) is 22.4 Å². The maximum atomic E-state index is 13.8. The molecule has 1 N–H and O–H groups in total. The predicted octanol–water partition coefficient (Wildman–Crippen LogP) is 3.62. The van der Waals surface area contributed by atoms with Crippen LogP contribution in [-0.4, -0.2) is 41.6 Å². The van der Waals surface area contributed by atoms with E-state index >= 15 is 0 Å². The number of nitrogens with one attached hydrogen (secondary N) is 1. The zero-order chi connectivity index (χ0) is 20.5. The van der Waals surface area contributed by atoms with E-state index in [1.165, 1.54) is 0 Å². The van der Waals surface area contributed by atoms with Crippen molar-refractivity contribution in [1.82, 2.24) is 10.2 Å². The van der Waals surface area contributed by atoms with E-state index in [1.807, 2.05) is 0 Å². The molecule has 0 spiro atoms. The molecule has 0 unspecified atom stereocenters. The first-order chi connectivity index (χ1) is 12.4. The third-order valence-electron chi connectivity index (χ3n) is 4.22. The van der Waals surface area contributed by atoms with Gasteiger partial charge in [0.05, 0.1) is 0 Å². The van der Waals surface area contributed by atoms with Crippen LogP contribution >= 0.6 is 0 Å². The minimum Gasteiger partial charge on any atom is -0.444 e. The summed E-state index contributed by atoms with van der Waals surface area (Å²) in [5, 5.41) is 2.70. The number of piperidine rings is 1. The van der Waals surface area contributed by atoms with Gasteiger partial charge in [-0.15, -0.1) is 0 Å². The lowest BCUT2D eigenvalue weighted by Crippen LogP contribution is -2.52. The van der Waals surface area contributed by atoms with Gasteiger partial charge < -0.3 is 15.0 Å². The van der Waals surface area contributed by atoms with E-state index in [4.69, 9.17) is 4.74 Å². The lowest BCUT2D eigenvalue weighted by atomic mass is 9.93. The molecular weight excluding hydrogens is 368 g/mol. The molecule has 27 heavy (non-hydrogen) atoms. The van der Waals surface area contributed by atoms with Gasteiger partial charge in [0.2, 0.25) is 0 Å². The first-order valence-corrected chi connectivity index (χ1v) is 8.52. The van der Waals surface area contributed by atoms with Crippen LogP contribution < -0.4 is 5.32 Å². The van der Waals surface area contributed by atoms with Crippen LogP contribution in [-0.2, 0) is 4.74 Å². The number of alkyl carbamates (subject to hydrolysis) is 1. The number of nitrogens with zero attached hydrogens (tertiary/aromatic N) is 1. The van der Waals surface area contributed by atoms with E-state index < -0.39 is 46.4 Å². The maximum absolute atomic E-state index is 13.8. The Morgan fingerprint density at radius 3 is 2.19 bits per heavy atom. The Balaban J connectivity index is 2.08. The van der Waals surface area contributed by atoms with Crippen molar-refractivity contribution < 1.29 is 31.9 Å². The number of benzene rings is 1. The van der Waals surface area contributed by atoms with Crippen molar-refractivity contribution >= 4 is 12.0 Å². The summed E-state index contributed by atoms with van der Waals surface area (Å²) in [7, 11) is 0. The molecule has 1 aliphatic rings. The fourth-order valence-corrected chi connectivity index (χ4v) is 2.92. The van der Waals surface area contributed by atoms with Gasteiger partial charge in [-0.3, -0.25) is 4.79 Å². The average Bonchev–Trinajstić information content (AvgIpc) is 2.53. The Bertz CT molecular complexity index is 723. The van der Waals surface area contributed by atoms with Crippen LogP contribution in [0.1, 0.15) is 44.5 Å². The summed E-state index contributed by atoms with van der Waals surface area (Å²) in [6.07, 6.45) is -0.309. The van der Waals surface area contributed by atoms with Crippen LogP contribution in [0.25, 0.3) is 0 Å². The van der Waals surface area contributed by atoms with Crippen molar-refractivity contribution in [2.24, 2.45) is 5.92 Å². The van der Waals surface area contributed by atoms with Crippen molar-refractivity contribution in [3.8, 4) is 0 Å². The molecular formula is C18H22F4N2O3. The normalized spacial score (nSPS) is 20.4. The highest BCUT2D eigenvalue weighted by Crippen LogP contribution is 2.24. The summed E-state index contributed by atoms with van der Waals surface area (Å²) in [5.74, 6) is -8.11. The zero-order valence-corrected chi connectivity index (χ0v) is 15.5. The summed E-state index contributed by atoms with van der Waals surface area (Å²) in [6.45, 7) is 7.01. The quantitative estimate of drug-likeness (QED) is 0.620. The molecule has 1 saturated heterocycles. The molecule has 1 aliphatic heterocycles. The van der Waals surface area contributed by atoms with E-state index in [2.05, 4.69) is 5.32 Å². The van der Waals surface area contributed by atoms with Gasteiger partial charge >= 0.3 is 6.09 Å². The molecule has 1 heterocycles. The van der Waals surface area contributed by atoms with Gasteiger partial charge in [0.1, 0.15) is 11.2 Å². The number of halogens is 4. The highest BCUT2D eigenvalue weighted by atomic mass is 19.2. The van der Waals surface area contributed by atoms with E-state index in [1.54, 1.807) is 27.7 Å². The molecule has 1 aromatic rings. The number of carbonyl (C=O) groups excluding carboxylic acids is 2. The van der Waals surface area contributed by atoms with Crippen molar-refractivity contribution in [1.29, 1.82) is 0 Å². The smallest absolute Gasteiger partial charge is 0.407 e. The fourth-order valence-electron chi connectivity index (χ4n) is 2.92. The molecule has 0 aromatic heterocycles. The molecule has 150 valence electrons. The van der Waals surface area contributed by atoms with Gasteiger partial charge in [-0.1, -0.05) is 6.92 Å². The third-order valence-corrected chi connectivity index (χ3v) is 4.22. The van der Waals surface area contributed by atoms with Gasteiger partial charge in [0, 0.05) is 25.2 Å². The number of ether oxygens (including phenoxy) is 1. The molecule has 9 heteroatoms. The molecule has 1 fully saturated rings. The number of amides is 2. The van der Waals surface area contributed by atoms with Crippen LogP contribution in [0.5, 0.6) is 0 Å². The highest BCUT2D eigenvalue weighted by molar-refractivity contribution is 5.95. The molecule has 2 rings (SSSR count). The number of hydrogen-bond acceptors (Lipinski definition) is 3. The van der Waals surface area contributed by atoms with Crippen molar-refractivity contribution in [2.45, 2.75) is 45.8 Å². The Morgan fingerprint density at radius 2 is 1.70 bits per heavy atom. The Hall–Kier alpha value is -2.32. The molecule has 0 bridgehead atoms. The molecule has 0 aliphatic carbocycles. The monoisotopic (exact) mass is 390 g/mol. The second-order valence-corrected chi connectivity index (χ2v) is 7.61. The van der Waals surface area contributed by atoms with E-state index in [9.17, 15) is 27.2 Å².